The van der Waals surface area contributed by atoms with Crippen molar-refractivity contribution in [1.29, 1.82) is 0 Å². The molecule has 6 heteroatoms. The smallest absolute Gasteiger partial charge is 0.267 e. The Morgan fingerprint density at radius 3 is 2.41 bits per heavy atom. The Labute approximate surface area is 162 Å². The summed E-state index contributed by atoms with van der Waals surface area (Å²) in [6.45, 7) is 0. The Hall–Kier alpha value is -2.89. The molecule has 2 aromatic carbocycles. The van der Waals surface area contributed by atoms with Gasteiger partial charge in [-0.1, -0.05) is 48.0 Å². The zero-order valence-electron chi connectivity index (χ0n) is 14.5. The van der Waals surface area contributed by atoms with E-state index in [4.69, 9.17) is 16.8 Å². The van der Waals surface area contributed by atoms with Crippen molar-refractivity contribution in [1.82, 2.24) is 10.8 Å². The molecular weight excluding hydrogens is 364 g/mol. The second kappa shape index (κ2) is 8.66. The first-order chi connectivity index (χ1) is 13.0. The van der Waals surface area contributed by atoms with E-state index in [0.29, 0.717) is 10.6 Å². The van der Waals surface area contributed by atoms with E-state index in [1.54, 1.807) is 18.2 Å². The lowest BCUT2D eigenvalue weighted by molar-refractivity contribution is -0.124. The number of hydroxylamine groups is 1. The van der Waals surface area contributed by atoms with Crippen LogP contribution in [0.25, 0.3) is 17.7 Å². The van der Waals surface area contributed by atoms with E-state index in [1.165, 1.54) is 11.6 Å². The second-order valence-electron chi connectivity index (χ2n) is 6.29. The van der Waals surface area contributed by atoms with E-state index in [2.05, 4.69) is 5.32 Å². The predicted molar refractivity (Wildman–Crippen MR) is 106 cm³/mol. The molecule has 1 saturated carbocycles. The third-order valence-electron chi connectivity index (χ3n) is 4.08. The molecule has 0 heterocycles. The van der Waals surface area contributed by atoms with Gasteiger partial charge in [-0.3, -0.25) is 14.8 Å². The van der Waals surface area contributed by atoms with Gasteiger partial charge in [0, 0.05) is 22.7 Å². The molecule has 2 amide bonds. The molecule has 0 unspecified atom stereocenters. The van der Waals surface area contributed by atoms with E-state index in [0.717, 1.165) is 29.5 Å². The summed E-state index contributed by atoms with van der Waals surface area (Å²) in [5, 5.41) is 12.1. The molecule has 0 radical (unpaired) electrons. The second-order valence-corrected chi connectivity index (χ2v) is 6.73. The van der Waals surface area contributed by atoms with Gasteiger partial charge in [0.05, 0.1) is 0 Å². The van der Waals surface area contributed by atoms with Crippen LogP contribution < -0.4 is 10.8 Å². The molecule has 0 atom stereocenters. The number of carbonyl (C=O) groups excluding carboxylic acids is 2. The first kappa shape index (κ1) is 18.9. The lowest BCUT2D eigenvalue weighted by Gasteiger charge is -2.10. The van der Waals surface area contributed by atoms with Crippen molar-refractivity contribution in [2.45, 2.75) is 18.9 Å². The molecule has 5 nitrogen and oxygen atoms in total. The normalized spacial score (nSPS) is 14.2. The zero-order valence-corrected chi connectivity index (χ0v) is 15.2. The van der Waals surface area contributed by atoms with Crippen molar-refractivity contribution in [3.63, 3.8) is 0 Å². The first-order valence-electron chi connectivity index (χ1n) is 8.56. The number of hydrogen-bond donors (Lipinski definition) is 3. The van der Waals surface area contributed by atoms with E-state index >= 15 is 0 Å². The molecule has 1 aliphatic rings. The molecule has 27 heavy (non-hydrogen) atoms. The van der Waals surface area contributed by atoms with Gasteiger partial charge in [-0.05, 0) is 53.8 Å². The summed E-state index contributed by atoms with van der Waals surface area (Å²) in [4.78, 5) is 23.7. The maximum absolute atomic E-state index is 12.7. The predicted octanol–water partition coefficient (Wildman–Crippen LogP) is 3.68. The van der Waals surface area contributed by atoms with Crippen molar-refractivity contribution in [3.05, 3.63) is 76.3 Å². The van der Waals surface area contributed by atoms with Crippen LogP contribution in [-0.2, 0) is 9.59 Å². The van der Waals surface area contributed by atoms with Gasteiger partial charge in [-0.2, -0.15) is 0 Å². The van der Waals surface area contributed by atoms with Crippen molar-refractivity contribution in [2.75, 3.05) is 0 Å². The highest BCUT2D eigenvalue weighted by atomic mass is 35.5. The van der Waals surface area contributed by atoms with Crippen LogP contribution in [0.15, 0.2) is 54.6 Å². The van der Waals surface area contributed by atoms with Gasteiger partial charge >= 0.3 is 0 Å². The van der Waals surface area contributed by atoms with Gasteiger partial charge < -0.3 is 5.32 Å². The average Bonchev–Trinajstić information content (AvgIpc) is 3.49. The van der Waals surface area contributed by atoms with Crippen LogP contribution in [0.1, 0.15) is 29.5 Å². The average molecular weight is 383 g/mol. The molecule has 138 valence electrons. The van der Waals surface area contributed by atoms with Gasteiger partial charge in [0.15, 0.2) is 0 Å². The quantitative estimate of drug-likeness (QED) is 0.308. The molecule has 0 spiro atoms. The van der Waals surface area contributed by atoms with Crippen LogP contribution in [0, 0.1) is 0 Å². The minimum absolute atomic E-state index is 0.122. The van der Waals surface area contributed by atoms with Crippen LogP contribution in [0.2, 0.25) is 5.02 Å². The minimum Gasteiger partial charge on any atom is -0.349 e. The summed E-state index contributed by atoms with van der Waals surface area (Å²) in [5.41, 5.74) is 4.48. The van der Waals surface area contributed by atoms with Gasteiger partial charge in [0.1, 0.15) is 0 Å². The molecule has 0 bridgehead atoms. The fraction of sp³-hybridized carbons (Fsp3) is 0.143. The number of nitrogens with one attached hydrogen (secondary N) is 2. The Morgan fingerprint density at radius 1 is 1.07 bits per heavy atom. The molecular formula is C21H19ClN2O3. The van der Waals surface area contributed by atoms with Gasteiger partial charge in [-0.15, -0.1) is 0 Å². The fourth-order valence-electron chi connectivity index (χ4n) is 2.51. The lowest BCUT2D eigenvalue weighted by atomic mass is 10.0. The molecule has 0 aromatic heterocycles. The summed E-state index contributed by atoms with van der Waals surface area (Å²) >= 11 is 6.09. The summed E-state index contributed by atoms with van der Waals surface area (Å²) in [6.07, 6.45) is 6.65. The van der Waals surface area contributed by atoms with Crippen molar-refractivity contribution >= 4 is 41.1 Å². The standard InChI is InChI=1S/C21H19ClN2O3/c22-17-3-1-2-16(13-17)19(21(26)23-18-9-10-18)12-15-6-4-14(5-7-15)8-11-20(25)24-27/h1-8,11-13,18,27H,9-10H2,(H,23,26)(H,24,25)/b11-8+,19-12?. The largest absolute Gasteiger partial charge is 0.349 e. The third-order valence-corrected chi connectivity index (χ3v) is 4.31. The first-order valence-corrected chi connectivity index (χ1v) is 8.93. The highest BCUT2D eigenvalue weighted by molar-refractivity contribution is 6.31. The summed E-state index contributed by atoms with van der Waals surface area (Å²) in [5.74, 6) is -0.720. The third kappa shape index (κ3) is 5.54. The van der Waals surface area contributed by atoms with Crippen molar-refractivity contribution in [3.8, 4) is 0 Å². The summed E-state index contributed by atoms with van der Waals surface area (Å²) in [6, 6.07) is 14.8. The van der Waals surface area contributed by atoms with Gasteiger partial charge in [0.2, 0.25) is 0 Å². The number of benzene rings is 2. The number of amides is 2. The fourth-order valence-corrected chi connectivity index (χ4v) is 2.70. The summed E-state index contributed by atoms with van der Waals surface area (Å²) < 4.78 is 0. The van der Waals surface area contributed by atoms with Crippen LogP contribution in [0.4, 0.5) is 0 Å². The Morgan fingerprint density at radius 2 is 1.78 bits per heavy atom. The van der Waals surface area contributed by atoms with Crippen LogP contribution >= 0.6 is 11.6 Å². The van der Waals surface area contributed by atoms with Crippen LogP contribution in [0.5, 0.6) is 0 Å². The highest BCUT2D eigenvalue weighted by Gasteiger charge is 2.25. The number of rotatable bonds is 6. The number of hydrogen-bond acceptors (Lipinski definition) is 3. The summed E-state index contributed by atoms with van der Waals surface area (Å²) in [7, 11) is 0. The maximum Gasteiger partial charge on any atom is 0.267 e. The van der Waals surface area contributed by atoms with Gasteiger partial charge in [-0.25, -0.2) is 5.48 Å². The van der Waals surface area contributed by atoms with Crippen LogP contribution in [-0.4, -0.2) is 23.1 Å². The van der Waals surface area contributed by atoms with E-state index in [1.807, 2.05) is 42.5 Å². The Kier molecular flexibility index (Phi) is 6.06. The molecule has 3 N–H and O–H groups in total. The van der Waals surface area contributed by atoms with E-state index < -0.39 is 5.91 Å². The molecule has 1 fully saturated rings. The number of halogens is 1. The van der Waals surface area contributed by atoms with Crippen LogP contribution in [0.3, 0.4) is 0 Å². The molecule has 2 aromatic rings. The SMILES string of the molecule is O=C(/C=C/c1ccc(C=C(C(=O)NC2CC2)c2cccc(Cl)c2)cc1)NO. The Bertz CT molecular complexity index is 900. The molecule has 3 rings (SSSR count). The zero-order chi connectivity index (χ0) is 19.2. The molecule has 1 aliphatic carbocycles. The minimum atomic E-state index is -0.598. The van der Waals surface area contributed by atoms with Gasteiger partial charge in [0.25, 0.3) is 11.8 Å². The maximum atomic E-state index is 12.7. The Balaban J connectivity index is 1.87. The van der Waals surface area contributed by atoms with Crippen molar-refractivity contribution in [2.24, 2.45) is 0 Å². The topological polar surface area (TPSA) is 78.4 Å². The highest BCUT2D eigenvalue weighted by Crippen LogP contribution is 2.25. The number of carbonyl (C=O) groups is 2. The molecule has 0 saturated heterocycles. The monoisotopic (exact) mass is 382 g/mol. The van der Waals surface area contributed by atoms with E-state index in [9.17, 15) is 9.59 Å². The molecule has 0 aliphatic heterocycles. The lowest BCUT2D eigenvalue weighted by Crippen LogP contribution is -2.26. The van der Waals surface area contributed by atoms with E-state index in [-0.39, 0.29) is 11.9 Å². The van der Waals surface area contributed by atoms with Crippen molar-refractivity contribution < 1.29 is 14.8 Å².